The number of amides is 1. The molecule has 0 aliphatic carbocycles. The molecule has 1 heterocycles. The highest BCUT2D eigenvalue weighted by molar-refractivity contribution is 5.99. The molecule has 132 valence electrons. The van der Waals surface area contributed by atoms with Gasteiger partial charge in [0.1, 0.15) is 5.56 Å². The second-order valence-corrected chi connectivity index (χ2v) is 5.41. The van der Waals surface area contributed by atoms with E-state index in [1.54, 1.807) is 6.92 Å². The first kappa shape index (κ1) is 18.0. The second kappa shape index (κ2) is 7.93. The lowest BCUT2D eigenvalue weighted by molar-refractivity contribution is -0.385. The molecule has 0 spiro atoms. The van der Waals surface area contributed by atoms with Crippen LogP contribution < -0.4 is 20.1 Å². The van der Waals surface area contributed by atoms with Gasteiger partial charge in [-0.25, -0.2) is 0 Å². The number of nitro benzene ring substituents is 1. The smallest absolute Gasteiger partial charge is 0.286 e. The van der Waals surface area contributed by atoms with Gasteiger partial charge in [-0.05, 0) is 6.92 Å². The van der Waals surface area contributed by atoms with Crippen molar-refractivity contribution in [3.8, 4) is 11.5 Å². The Hall–Kier alpha value is -2.39. The SMILES string of the molecule is CCOc1cc(C(=O)NCC2CNCC2O)c([N+](=O)[O-])cc1OC. The zero-order valence-electron chi connectivity index (χ0n) is 13.6. The van der Waals surface area contributed by atoms with Crippen molar-refractivity contribution in [2.24, 2.45) is 5.92 Å². The molecule has 0 radical (unpaired) electrons. The maximum Gasteiger partial charge on any atom is 0.286 e. The number of nitro groups is 1. The van der Waals surface area contributed by atoms with Crippen LogP contribution in [-0.4, -0.2) is 55.4 Å². The summed E-state index contributed by atoms with van der Waals surface area (Å²) in [5.74, 6) is -0.268. The molecule has 1 fully saturated rings. The first-order valence-corrected chi connectivity index (χ1v) is 7.64. The summed E-state index contributed by atoms with van der Waals surface area (Å²) in [5.41, 5.74) is -0.470. The normalized spacial score (nSPS) is 19.8. The van der Waals surface area contributed by atoms with Gasteiger partial charge in [0.2, 0.25) is 0 Å². The molecule has 1 saturated heterocycles. The zero-order chi connectivity index (χ0) is 17.7. The Morgan fingerprint density at radius 1 is 1.46 bits per heavy atom. The van der Waals surface area contributed by atoms with E-state index in [1.165, 1.54) is 19.2 Å². The van der Waals surface area contributed by atoms with Crippen LogP contribution in [0, 0.1) is 16.0 Å². The van der Waals surface area contributed by atoms with E-state index in [-0.39, 0.29) is 35.2 Å². The van der Waals surface area contributed by atoms with Crippen molar-refractivity contribution in [3.63, 3.8) is 0 Å². The molecule has 1 aromatic carbocycles. The predicted molar refractivity (Wildman–Crippen MR) is 85.5 cm³/mol. The van der Waals surface area contributed by atoms with Gasteiger partial charge in [-0.15, -0.1) is 0 Å². The summed E-state index contributed by atoms with van der Waals surface area (Å²) >= 11 is 0. The van der Waals surface area contributed by atoms with E-state index in [9.17, 15) is 20.0 Å². The number of aliphatic hydroxyl groups is 1. The van der Waals surface area contributed by atoms with E-state index >= 15 is 0 Å². The lowest BCUT2D eigenvalue weighted by Gasteiger charge is -2.15. The van der Waals surface area contributed by atoms with Crippen LogP contribution in [0.15, 0.2) is 12.1 Å². The maximum atomic E-state index is 12.4. The Labute approximate surface area is 139 Å². The van der Waals surface area contributed by atoms with Crippen LogP contribution in [0.4, 0.5) is 5.69 Å². The lowest BCUT2D eigenvalue weighted by atomic mass is 10.1. The Morgan fingerprint density at radius 3 is 2.75 bits per heavy atom. The Kier molecular flexibility index (Phi) is 5.93. The van der Waals surface area contributed by atoms with Crippen molar-refractivity contribution in [3.05, 3.63) is 27.8 Å². The van der Waals surface area contributed by atoms with Crippen molar-refractivity contribution in [2.45, 2.75) is 13.0 Å². The predicted octanol–water partition coefficient (Wildman–Crippen LogP) is 0.312. The molecule has 1 amide bonds. The van der Waals surface area contributed by atoms with Crippen molar-refractivity contribution in [1.29, 1.82) is 0 Å². The van der Waals surface area contributed by atoms with E-state index in [2.05, 4.69) is 10.6 Å². The minimum atomic E-state index is -0.640. The van der Waals surface area contributed by atoms with Crippen molar-refractivity contribution < 1.29 is 24.3 Å². The minimum Gasteiger partial charge on any atom is -0.493 e. The average molecular weight is 339 g/mol. The number of β-amino-alcohol motifs (C(OH)–C–C–N with tert-alkyl or cyclic N) is 1. The number of methoxy groups -OCH3 is 1. The summed E-state index contributed by atoms with van der Waals surface area (Å²) in [7, 11) is 1.37. The number of hydrogen-bond donors (Lipinski definition) is 3. The van der Waals surface area contributed by atoms with Gasteiger partial charge in [0.05, 0.1) is 30.8 Å². The number of ether oxygens (including phenoxy) is 2. The fraction of sp³-hybridized carbons (Fsp3) is 0.533. The molecule has 1 aliphatic rings. The number of nitrogens with zero attached hydrogens (tertiary/aromatic N) is 1. The van der Waals surface area contributed by atoms with Gasteiger partial charge in [0, 0.05) is 31.6 Å². The fourth-order valence-electron chi connectivity index (χ4n) is 2.56. The molecule has 0 aromatic heterocycles. The van der Waals surface area contributed by atoms with Gasteiger partial charge in [0.25, 0.3) is 11.6 Å². The highest BCUT2D eigenvalue weighted by atomic mass is 16.6. The van der Waals surface area contributed by atoms with Crippen molar-refractivity contribution in [2.75, 3.05) is 33.4 Å². The van der Waals surface area contributed by atoms with E-state index in [4.69, 9.17) is 9.47 Å². The van der Waals surface area contributed by atoms with Gasteiger partial charge in [-0.1, -0.05) is 0 Å². The van der Waals surface area contributed by atoms with Gasteiger partial charge in [-0.3, -0.25) is 14.9 Å². The number of nitrogens with one attached hydrogen (secondary N) is 2. The standard InChI is InChI=1S/C15H21N3O6/c1-3-24-14-4-10(11(18(21)22)5-13(14)23-2)15(20)17-7-9-6-16-8-12(9)19/h4-5,9,12,16,19H,3,6-8H2,1-2H3,(H,17,20). The van der Waals surface area contributed by atoms with Gasteiger partial charge in [0.15, 0.2) is 11.5 Å². The molecule has 2 unspecified atom stereocenters. The number of rotatable bonds is 7. The van der Waals surface area contributed by atoms with Gasteiger partial charge in [-0.2, -0.15) is 0 Å². The summed E-state index contributed by atoms with van der Waals surface area (Å²) in [6.07, 6.45) is -0.546. The van der Waals surface area contributed by atoms with Crippen LogP contribution in [0.3, 0.4) is 0 Å². The van der Waals surface area contributed by atoms with E-state index < -0.39 is 16.9 Å². The van der Waals surface area contributed by atoms with Crippen LogP contribution in [0.25, 0.3) is 0 Å². The van der Waals surface area contributed by atoms with Crippen LogP contribution in [0.2, 0.25) is 0 Å². The van der Waals surface area contributed by atoms with Crippen LogP contribution >= 0.6 is 0 Å². The summed E-state index contributed by atoms with van der Waals surface area (Å²) in [6, 6.07) is 2.48. The van der Waals surface area contributed by atoms with E-state index in [0.29, 0.717) is 19.7 Å². The Morgan fingerprint density at radius 2 is 2.21 bits per heavy atom. The molecule has 2 rings (SSSR count). The molecule has 0 bridgehead atoms. The number of carbonyl (C=O) groups is 1. The van der Waals surface area contributed by atoms with Crippen LogP contribution in [0.5, 0.6) is 11.5 Å². The van der Waals surface area contributed by atoms with Crippen molar-refractivity contribution >= 4 is 11.6 Å². The molecule has 3 N–H and O–H groups in total. The topological polar surface area (TPSA) is 123 Å². The summed E-state index contributed by atoms with van der Waals surface area (Å²) in [6.45, 7) is 3.36. The van der Waals surface area contributed by atoms with Gasteiger partial charge >= 0.3 is 0 Å². The maximum absolute atomic E-state index is 12.4. The van der Waals surface area contributed by atoms with Crippen LogP contribution in [0.1, 0.15) is 17.3 Å². The molecule has 1 aromatic rings. The molecule has 2 atom stereocenters. The monoisotopic (exact) mass is 339 g/mol. The van der Waals surface area contributed by atoms with Crippen molar-refractivity contribution in [1.82, 2.24) is 10.6 Å². The number of benzene rings is 1. The summed E-state index contributed by atoms with van der Waals surface area (Å²) < 4.78 is 10.4. The highest BCUT2D eigenvalue weighted by Gasteiger charge is 2.28. The van der Waals surface area contributed by atoms with Crippen LogP contribution in [-0.2, 0) is 0 Å². The number of hydrogen-bond acceptors (Lipinski definition) is 7. The molecule has 1 aliphatic heterocycles. The van der Waals surface area contributed by atoms with E-state index in [0.717, 1.165) is 0 Å². The summed E-state index contributed by atoms with van der Waals surface area (Å²) in [5, 5.41) is 26.6. The Bertz CT molecular complexity index is 621. The highest BCUT2D eigenvalue weighted by Crippen LogP contribution is 2.34. The fourth-order valence-corrected chi connectivity index (χ4v) is 2.56. The third kappa shape index (κ3) is 3.92. The summed E-state index contributed by atoms with van der Waals surface area (Å²) in [4.78, 5) is 23.0. The molecular formula is C15H21N3O6. The molecule has 24 heavy (non-hydrogen) atoms. The largest absolute Gasteiger partial charge is 0.493 e. The number of aliphatic hydroxyl groups excluding tert-OH is 1. The molecule has 0 saturated carbocycles. The Balaban J connectivity index is 2.23. The second-order valence-electron chi connectivity index (χ2n) is 5.41. The van der Waals surface area contributed by atoms with Gasteiger partial charge < -0.3 is 25.2 Å². The first-order valence-electron chi connectivity index (χ1n) is 7.64. The quantitative estimate of drug-likeness (QED) is 0.482. The third-order valence-corrected chi connectivity index (χ3v) is 3.85. The molecular weight excluding hydrogens is 318 g/mol. The lowest BCUT2D eigenvalue weighted by Crippen LogP contribution is -2.34. The van der Waals surface area contributed by atoms with E-state index in [1.807, 2.05) is 0 Å². The first-order chi connectivity index (χ1) is 11.5. The molecule has 9 nitrogen and oxygen atoms in total. The molecule has 9 heteroatoms. The third-order valence-electron chi connectivity index (χ3n) is 3.85. The average Bonchev–Trinajstić information content (AvgIpc) is 2.97. The zero-order valence-corrected chi connectivity index (χ0v) is 13.6. The minimum absolute atomic E-state index is 0.107. The number of carbonyl (C=O) groups excluding carboxylic acids is 1.